The fraction of sp³-hybridized carbons (Fsp3) is 0.857. The van der Waals surface area contributed by atoms with Gasteiger partial charge in [-0.2, -0.15) is 26.3 Å². The SMILES string of the molecule is FC(C1CNC1)C(F)(F)F.O=C(O)C(F)(F)F. The normalized spacial score (nSPS) is 18.8. The van der Waals surface area contributed by atoms with Crippen LogP contribution in [0.25, 0.3) is 0 Å². The minimum Gasteiger partial charge on any atom is -0.475 e. The molecule has 2 N–H and O–H groups in total. The predicted octanol–water partition coefficient (Wildman–Crippen LogP) is 1.74. The third kappa shape index (κ3) is 5.71. The molecule has 1 rings (SSSR count). The molecule has 0 bridgehead atoms. The van der Waals surface area contributed by atoms with E-state index in [4.69, 9.17) is 9.90 Å². The van der Waals surface area contributed by atoms with Gasteiger partial charge in [-0.25, -0.2) is 9.18 Å². The summed E-state index contributed by atoms with van der Waals surface area (Å²) in [5.74, 6) is -3.62. The van der Waals surface area contributed by atoms with Gasteiger partial charge in [0.05, 0.1) is 0 Å². The van der Waals surface area contributed by atoms with E-state index < -0.39 is 30.4 Å². The molecule has 17 heavy (non-hydrogen) atoms. The lowest BCUT2D eigenvalue weighted by Gasteiger charge is -2.30. The average molecular weight is 271 g/mol. The topological polar surface area (TPSA) is 49.3 Å². The van der Waals surface area contributed by atoms with Crippen molar-refractivity contribution >= 4 is 5.97 Å². The van der Waals surface area contributed by atoms with Crippen LogP contribution in [0.1, 0.15) is 0 Å². The van der Waals surface area contributed by atoms with Crippen molar-refractivity contribution in [3.63, 3.8) is 0 Å². The minimum absolute atomic E-state index is 0.140. The van der Waals surface area contributed by atoms with Gasteiger partial charge in [0.1, 0.15) is 0 Å². The van der Waals surface area contributed by atoms with E-state index in [2.05, 4.69) is 5.32 Å². The maximum absolute atomic E-state index is 12.2. The smallest absolute Gasteiger partial charge is 0.475 e. The van der Waals surface area contributed by atoms with E-state index >= 15 is 0 Å². The molecule has 0 aromatic rings. The first-order valence-electron chi connectivity index (χ1n) is 4.18. The molecule has 1 fully saturated rings. The lowest BCUT2D eigenvalue weighted by Crippen LogP contribution is -2.51. The van der Waals surface area contributed by atoms with E-state index in [-0.39, 0.29) is 13.1 Å². The molecular weight excluding hydrogens is 263 g/mol. The Morgan fingerprint density at radius 3 is 1.59 bits per heavy atom. The summed E-state index contributed by atoms with van der Waals surface area (Å²) in [5.41, 5.74) is 0. The Bertz CT molecular complexity index is 258. The highest BCUT2D eigenvalue weighted by Crippen LogP contribution is 2.30. The first kappa shape index (κ1) is 15.9. The Balaban J connectivity index is 0.000000325. The zero-order valence-corrected chi connectivity index (χ0v) is 8.07. The summed E-state index contributed by atoms with van der Waals surface area (Å²) < 4.78 is 78.5. The third-order valence-electron chi connectivity index (χ3n) is 1.78. The summed E-state index contributed by atoms with van der Waals surface area (Å²) in [6, 6.07) is 0. The highest BCUT2D eigenvalue weighted by Gasteiger charge is 2.47. The average Bonchev–Trinajstić information content (AvgIpc) is 1.97. The molecule has 0 amide bonds. The van der Waals surface area contributed by atoms with Crippen LogP contribution in [0.4, 0.5) is 30.7 Å². The fourth-order valence-electron chi connectivity index (χ4n) is 0.785. The number of hydrogen-bond donors (Lipinski definition) is 2. The second kappa shape index (κ2) is 5.52. The van der Waals surface area contributed by atoms with E-state index in [1.165, 1.54) is 0 Å². The van der Waals surface area contributed by atoms with Crippen molar-refractivity contribution in [1.82, 2.24) is 5.32 Å². The van der Waals surface area contributed by atoms with E-state index in [1.54, 1.807) is 0 Å². The molecular formula is C7H8F7NO2. The van der Waals surface area contributed by atoms with Crippen LogP contribution in [0, 0.1) is 5.92 Å². The van der Waals surface area contributed by atoms with Gasteiger partial charge in [-0.05, 0) is 0 Å². The molecule has 0 aromatic heterocycles. The van der Waals surface area contributed by atoms with Crippen molar-refractivity contribution in [2.75, 3.05) is 13.1 Å². The van der Waals surface area contributed by atoms with Crippen molar-refractivity contribution in [1.29, 1.82) is 0 Å². The molecule has 1 aliphatic heterocycles. The van der Waals surface area contributed by atoms with E-state index in [9.17, 15) is 30.7 Å². The Morgan fingerprint density at radius 2 is 1.53 bits per heavy atom. The highest BCUT2D eigenvalue weighted by atomic mass is 19.4. The van der Waals surface area contributed by atoms with Crippen LogP contribution in [0.3, 0.4) is 0 Å². The number of carboxylic acid groups (broad SMARTS) is 1. The number of carboxylic acids is 1. The van der Waals surface area contributed by atoms with Crippen molar-refractivity contribution in [2.24, 2.45) is 5.92 Å². The van der Waals surface area contributed by atoms with Crippen LogP contribution in [0.5, 0.6) is 0 Å². The van der Waals surface area contributed by atoms with Gasteiger partial charge >= 0.3 is 18.3 Å². The fourth-order valence-corrected chi connectivity index (χ4v) is 0.785. The van der Waals surface area contributed by atoms with Crippen LogP contribution >= 0.6 is 0 Å². The first-order valence-corrected chi connectivity index (χ1v) is 4.18. The van der Waals surface area contributed by atoms with Gasteiger partial charge in [-0.3, -0.25) is 0 Å². The maximum Gasteiger partial charge on any atom is 0.490 e. The predicted molar refractivity (Wildman–Crippen MR) is 41.0 cm³/mol. The van der Waals surface area contributed by atoms with E-state index in [0.29, 0.717) is 0 Å². The quantitative estimate of drug-likeness (QED) is 0.714. The van der Waals surface area contributed by atoms with Gasteiger partial charge < -0.3 is 10.4 Å². The Morgan fingerprint density at radius 1 is 1.18 bits per heavy atom. The second-order valence-corrected chi connectivity index (χ2v) is 3.16. The maximum atomic E-state index is 12.2. The number of aliphatic carboxylic acids is 1. The summed E-state index contributed by atoms with van der Waals surface area (Å²) >= 11 is 0. The van der Waals surface area contributed by atoms with Gasteiger partial charge in [-0.1, -0.05) is 0 Å². The van der Waals surface area contributed by atoms with Crippen LogP contribution in [-0.4, -0.2) is 42.7 Å². The molecule has 0 radical (unpaired) electrons. The molecule has 1 heterocycles. The highest BCUT2D eigenvalue weighted by molar-refractivity contribution is 5.73. The molecule has 0 aromatic carbocycles. The summed E-state index contributed by atoms with van der Waals surface area (Å²) in [5, 5.41) is 9.70. The Hall–Kier alpha value is -1.06. The molecule has 0 aliphatic carbocycles. The van der Waals surface area contributed by atoms with Crippen molar-refractivity contribution in [3.8, 4) is 0 Å². The standard InChI is InChI=1S/C5H7F4N.C2HF3O2/c6-4(5(7,8)9)3-1-10-2-3;3-2(4,5)1(6)7/h3-4,10H,1-2H2;(H,6,7). The zero-order valence-electron chi connectivity index (χ0n) is 8.07. The minimum atomic E-state index is -5.08. The molecule has 1 saturated heterocycles. The molecule has 102 valence electrons. The van der Waals surface area contributed by atoms with Crippen molar-refractivity contribution in [2.45, 2.75) is 18.5 Å². The molecule has 1 aliphatic rings. The number of carbonyl (C=O) groups is 1. The summed E-state index contributed by atoms with van der Waals surface area (Å²) in [6.45, 7) is 0.279. The number of halogens is 7. The van der Waals surface area contributed by atoms with Crippen LogP contribution in [-0.2, 0) is 4.79 Å². The van der Waals surface area contributed by atoms with Gasteiger partial charge in [0.25, 0.3) is 0 Å². The summed E-state index contributed by atoms with van der Waals surface area (Å²) in [6.07, 6.45) is -12.4. The molecule has 1 atom stereocenters. The van der Waals surface area contributed by atoms with Crippen molar-refractivity contribution in [3.05, 3.63) is 0 Å². The second-order valence-electron chi connectivity index (χ2n) is 3.16. The summed E-state index contributed by atoms with van der Waals surface area (Å²) in [7, 11) is 0. The molecule has 1 unspecified atom stereocenters. The molecule has 0 saturated carbocycles. The van der Waals surface area contributed by atoms with Crippen molar-refractivity contribution < 1.29 is 40.6 Å². The lowest BCUT2D eigenvalue weighted by molar-refractivity contribution is -0.198. The number of rotatable bonds is 1. The first-order chi connectivity index (χ1) is 7.46. The Kier molecular flexibility index (Phi) is 5.17. The molecule has 0 spiro atoms. The largest absolute Gasteiger partial charge is 0.490 e. The van der Waals surface area contributed by atoms with Gasteiger partial charge in [0.2, 0.25) is 6.17 Å². The number of alkyl halides is 7. The van der Waals surface area contributed by atoms with Gasteiger partial charge in [0, 0.05) is 19.0 Å². The van der Waals surface area contributed by atoms with Crippen LogP contribution in [0.2, 0.25) is 0 Å². The van der Waals surface area contributed by atoms with Crippen LogP contribution < -0.4 is 5.32 Å². The van der Waals surface area contributed by atoms with Gasteiger partial charge in [-0.15, -0.1) is 0 Å². The van der Waals surface area contributed by atoms with Crippen LogP contribution in [0.15, 0.2) is 0 Å². The van der Waals surface area contributed by atoms with E-state index in [1.807, 2.05) is 0 Å². The zero-order chi connectivity index (χ0) is 13.9. The number of nitrogens with one attached hydrogen (secondary N) is 1. The third-order valence-corrected chi connectivity index (χ3v) is 1.78. The monoisotopic (exact) mass is 271 g/mol. The van der Waals surface area contributed by atoms with Gasteiger partial charge in [0.15, 0.2) is 0 Å². The molecule has 3 nitrogen and oxygen atoms in total. The van der Waals surface area contributed by atoms with E-state index in [0.717, 1.165) is 0 Å². The lowest BCUT2D eigenvalue weighted by atomic mass is 9.97. The Labute approximate surface area is 90.6 Å². The summed E-state index contributed by atoms with van der Waals surface area (Å²) in [4.78, 5) is 8.90. The number of hydrogen-bond acceptors (Lipinski definition) is 2. The molecule has 10 heteroatoms.